The SMILES string of the molecule is C[C@H]1C[C@@H]1C(=O)Cc1sc2c(c1C(=O)NC[C@H]1C[C@H]1F)C[C@@H](n1cnnc1Nc1cc(C(F)F)nn1C)CC2. The number of Topliss-reactive ketones (excluding diaryl/α,β-unsaturated/α-hetero) is 1. The van der Waals surface area contributed by atoms with E-state index >= 15 is 0 Å². The molecule has 0 saturated heterocycles. The topological polar surface area (TPSA) is 107 Å². The summed E-state index contributed by atoms with van der Waals surface area (Å²) in [4.78, 5) is 28.2. The summed E-state index contributed by atoms with van der Waals surface area (Å²) in [5, 5.41) is 18.0. The number of carbonyl (C=O) groups excluding carboxylic acids is 2. The lowest BCUT2D eigenvalue weighted by Gasteiger charge is -2.25. The normalized spacial score (nSPS) is 25.4. The third-order valence-corrected chi connectivity index (χ3v) is 9.37. The smallest absolute Gasteiger partial charge is 0.282 e. The van der Waals surface area contributed by atoms with Crippen LogP contribution in [0, 0.1) is 17.8 Å². The Morgan fingerprint density at radius 1 is 1.28 bits per heavy atom. The molecule has 3 aromatic heterocycles. The van der Waals surface area contributed by atoms with Gasteiger partial charge in [-0.3, -0.25) is 18.8 Å². The Balaban J connectivity index is 1.25. The summed E-state index contributed by atoms with van der Waals surface area (Å²) in [5.74, 6) is 0.965. The van der Waals surface area contributed by atoms with E-state index in [1.54, 1.807) is 13.4 Å². The largest absolute Gasteiger partial charge is 0.352 e. The third kappa shape index (κ3) is 5.20. The zero-order valence-corrected chi connectivity index (χ0v) is 22.5. The van der Waals surface area contributed by atoms with Crippen LogP contribution in [-0.2, 0) is 31.1 Å². The Bertz CT molecular complexity index is 1420. The monoisotopic (exact) mass is 561 g/mol. The van der Waals surface area contributed by atoms with Crippen molar-refractivity contribution < 1.29 is 22.8 Å². The number of carbonyl (C=O) groups is 2. The molecule has 3 aliphatic rings. The van der Waals surface area contributed by atoms with Crippen molar-refractivity contribution in [2.45, 2.75) is 64.1 Å². The van der Waals surface area contributed by atoms with Gasteiger partial charge in [-0.1, -0.05) is 6.92 Å². The van der Waals surface area contributed by atoms with Gasteiger partial charge in [0.15, 0.2) is 0 Å². The molecular formula is C26H30F3N7O2S. The first-order valence-corrected chi connectivity index (χ1v) is 14.1. The molecular weight excluding hydrogens is 531 g/mol. The van der Waals surface area contributed by atoms with Gasteiger partial charge in [-0.2, -0.15) is 5.10 Å². The van der Waals surface area contributed by atoms with Crippen molar-refractivity contribution in [3.05, 3.63) is 39.0 Å². The molecule has 0 aliphatic heterocycles. The van der Waals surface area contributed by atoms with E-state index in [1.807, 2.05) is 4.57 Å². The second kappa shape index (κ2) is 10.1. The van der Waals surface area contributed by atoms with Crippen LogP contribution < -0.4 is 10.6 Å². The first kappa shape index (κ1) is 26.0. The average molecular weight is 562 g/mol. The Hall–Kier alpha value is -3.22. The Morgan fingerprint density at radius 2 is 2.05 bits per heavy atom. The summed E-state index contributed by atoms with van der Waals surface area (Å²) < 4.78 is 42.8. The lowest BCUT2D eigenvalue weighted by atomic mass is 9.89. The Labute approximate surface area is 227 Å². The minimum absolute atomic E-state index is 0.0646. The number of fused-ring (bicyclic) bond motifs is 1. The number of aryl methyl sites for hydroxylation is 2. The van der Waals surface area contributed by atoms with E-state index < -0.39 is 12.6 Å². The number of aromatic nitrogens is 5. The highest BCUT2D eigenvalue weighted by molar-refractivity contribution is 7.12. The maximum absolute atomic E-state index is 13.4. The van der Waals surface area contributed by atoms with Crippen LogP contribution in [0.4, 0.5) is 24.9 Å². The number of nitrogens with one attached hydrogen (secondary N) is 2. The number of ketones is 1. The highest BCUT2D eigenvalue weighted by Gasteiger charge is 2.41. The molecule has 5 atom stereocenters. The molecule has 39 heavy (non-hydrogen) atoms. The van der Waals surface area contributed by atoms with E-state index in [2.05, 4.69) is 32.9 Å². The molecule has 2 fully saturated rings. The van der Waals surface area contributed by atoms with Gasteiger partial charge < -0.3 is 10.6 Å². The molecule has 6 rings (SSSR count). The van der Waals surface area contributed by atoms with Crippen LogP contribution in [0.1, 0.15) is 70.0 Å². The lowest BCUT2D eigenvalue weighted by Crippen LogP contribution is -2.29. The Kier molecular flexibility index (Phi) is 6.72. The van der Waals surface area contributed by atoms with Crippen LogP contribution in [0.3, 0.4) is 0 Å². The van der Waals surface area contributed by atoms with Crippen molar-refractivity contribution >= 4 is 34.8 Å². The maximum Gasteiger partial charge on any atom is 0.282 e. The van der Waals surface area contributed by atoms with Crippen molar-refractivity contribution in [2.24, 2.45) is 24.8 Å². The molecule has 2 saturated carbocycles. The zero-order chi connectivity index (χ0) is 27.4. The average Bonchev–Trinajstić information content (AvgIpc) is 3.60. The minimum Gasteiger partial charge on any atom is -0.352 e. The second-order valence-corrected chi connectivity index (χ2v) is 12.1. The minimum atomic E-state index is -2.69. The molecule has 208 valence electrons. The summed E-state index contributed by atoms with van der Waals surface area (Å²) in [6, 6.07) is 1.18. The van der Waals surface area contributed by atoms with E-state index in [0.29, 0.717) is 42.5 Å². The zero-order valence-electron chi connectivity index (χ0n) is 21.7. The summed E-state index contributed by atoms with van der Waals surface area (Å²) in [6.45, 7) is 2.35. The molecule has 0 radical (unpaired) electrons. The van der Waals surface area contributed by atoms with Crippen molar-refractivity contribution in [1.82, 2.24) is 29.9 Å². The third-order valence-electron chi connectivity index (χ3n) is 8.08. The van der Waals surface area contributed by atoms with E-state index in [0.717, 1.165) is 28.2 Å². The van der Waals surface area contributed by atoms with Crippen molar-refractivity contribution in [1.29, 1.82) is 0 Å². The van der Waals surface area contributed by atoms with E-state index in [4.69, 9.17) is 0 Å². The first-order chi connectivity index (χ1) is 18.7. The molecule has 9 nitrogen and oxygen atoms in total. The number of nitrogens with zero attached hydrogens (tertiary/aromatic N) is 5. The van der Waals surface area contributed by atoms with Crippen LogP contribution in [0.5, 0.6) is 0 Å². The number of hydrogen-bond acceptors (Lipinski definition) is 7. The molecule has 0 aromatic carbocycles. The molecule has 3 aromatic rings. The van der Waals surface area contributed by atoms with Crippen LogP contribution in [0.2, 0.25) is 0 Å². The van der Waals surface area contributed by atoms with Crippen molar-refractivity contribution in [3.63, 3.8) is 0 Å². The van der Waals surface area contributed by atoms with E-state index in [1.165, 1.54) is 22.1 Å². The van der Waals surface area contributed by atoms with Gasteiger partial charge in [0.2, 0.25) is 5.95 Å². The summed E-state index contributed by atoms with van der Waals surface area (Å²) in [6.07, 6.45) is 1.63. The van der Waals surface area contributed by atoms with Gasteiger partial charge in [-0.05, 0) is 43.6 Å². The Morgan fingerprint density at radius 3 is 2.72 bits per heavy atom. The van der Waals surface area contributed by atoms with Gasteiger partial charge in [0.25, 0.3) is 12.3 Å². The number of anilines is 2. The highest BCUT2D eigenvalue weighted by atomic mass is 32.1. The molecule has 3 heterocycles. The van der Waals surface area contributed by atoms with Gasteiger partial charge in [0.05, 0.1) is 5.56 Å². The first-order valence-electron chi connectivity index (χ1n) is 13.3. The number of rotatable bonds is 10. The quantitative estimate of drug-likeness (QED) is 0.382. The van der Waals surface area contributed by atoms with Gasteiger partial charge in [-0.15, -0.1) is 21.5 Å². The van der Waals surface area contributed by atoms with Crippen LogP contribution >= 0.6 is 11.3 Å². The molecule has 1 amide bonds. The summed E-state index contributed by atoms with van der Waals surface area (Å²) >= 11 is 1.53. The molecule has 2 N–H and O–H groups in total. The molecule has 0 spiro atoms. The standard InChI is InChI=1S/C26H30F3N7O2S/c1-12-5-15(12)19(37)9-21-23(25(38)30-10-13-6-17(13)27)16-7-14(3-4-20(16)39-21)36-11-31-33-26(36)32-22-8-18(24(28)29)34-35(22)2/h8,11-15,17,24H,3-7,9-10H2,1-2H3,(H,30,38)(H,32,33)/t12-,13+,14-,15-,17+/m0/s1. The van der Waals surface area contributed by atoms with Crippen molar-refractivity contribution in [3.8, 4) is 0 Å². The van der Waals surface area contributed by atoms with Crippen molar-refractivity contribution in [2.75, 3.05) is 11.9 Å². The number of thiophene rings is 1. The predicted octanol–water partition coefficient (Wildman–Crippen LogP) is 4.34. The number of halogens is 3. The van der Waals surface area contributed by atoms with Gasteiger partial charge in [0, 0.05) is 53.7 Å². The van der Waals surface area contributed by atoms with Crippen LogP contribution in [-0.4, -0.2) is 49.0 Å². The van der Waals surface area contributed by atoms with Gasteiger partial charge >= 0.3 is 0 Å². The molecule has 0 unspecified atom stereocenters. The van der Waals surface area contributed by atoms with Crippen LogP contribution in [0.25, 0.3) is 0 Å². The fourth-order valence-corrected chi connectivity index (χ4v) is 6.83. The number of hydrogen-bond donors (Lipinski definition) is 2. The fraction of sp³-hybridized carbons (Fsp3) is 0.577. The number of amides is 1. The highest BCUT2D eigenvalue weighted by Crippen LogP contribution is 2.43. The van der Waals surface area contributed by atoms with Crippen LogP contribution in [0.15, 0.2) is 12.4 Å². The second-order valence-electron chi connectivity index (χ2n) is 10.9. The lowest BCUT2D eigenvalue weighted by molar-refractivity contribution is -0.119. The maximum atomic E-state index is 13.4. The summed E-state index contributed by atoms with van der Waals surface area (Å²) in [7, 11) is 1.57. The predicted molar refractivity (Wildman–Crippen MR) is 138 cm³/mol. The molecule has 0 bridgehead atoms. The van der Waals surface area contributed by atoms with Gasteiger partial charge in [0.1, 0.15) is 29.8 Å². The fourth-order valence-electron chi connectivity index (χ4n) is 5.47. The molecule has 13 heteroatoms. The van der Waals surface area contributed by atoms with E-state index in [-0.39, 0.29) is 48.2 Å². The van der Waals surface area contributed by atoms with E-state index in [9.17, 15) is 22.8 Å². The van der Waals surface area contributed by atoms with Gasteiger partial charge in [-0.25, -0.2) is 13.2 Å². The summed E-state index contributed by atoms with van der Waals surface area (Å²) in [5.41, 5.74) is 1.12. The number of alkyl halides is 3. The molecule has 3 aliphatic carbocycles.